The van der Waals surface area contributed by atoms with Gasteiger partial charge in [-0.3, -0.25) is 0 Å². The number of methoxy groups -OCH3 is 2. The first-order valence-electron chi connectivity index (χ1n) is 10.5. The number of allylic oxidation sites excluding steroid dienone is 1. The summed E-state index contributed by atoms with van der Waals surface area (Å²) in [6.45, 7) is 1.99. The average Bonchev–Trinajstić information content (AvgIpc) is 2.72. The van der Waals surface area contributed by atoms with Gasteiger partial charge in [0.05, 0.1) is 24.4 Å². The summed E-state index contributed by atoms with van der Waals surface area (Å²) in [5, 5.41) is 0. The van der Waals surface area contributed by atoms with Gasteiger partial charge in [-0.25, -0.2) is 4.79 Å². The fourth-order valence-corrected chi connectivity index (χ4v) is 7.42. The number of thioether (sulfide) groups is 2. The molecule has 2 aliphatic rings. The lowest BCUT2D eigenvalue weighted by Crippen LogP contribution is -2.26. The predicted molar refractivity (Wildman–Crippen MR) is 123 cm³/mol. The van der Waals surface area contributed by atoms with Gasteiger partial charge in [-0.05, 0) is 75.0 Å². The van der Waals surface area contributed by atoms with Gasteiger partial charge in [-0.2, -0.15) is 0 Å². The van der Waals surface area contributed by atoms with E-state index in [4.69, 9.17) is 14.2 Å². The molecule has 0 amide bonds. The number of hydrogen-bond donors (Lipinski definition) is 0. The molecule has 1 unspecified atom stereocenters. The highest BCUT2D eigenvalue weighted by atomic mass is 32.2. The Morgan fingerprint density at radius 1 is 1.07 bits per heavy atom. The van der Waals surface area contributed by atoms with Crippen LogP contribution in [0.2, 0.25) is 0 Å². The van der Waals surface area contributed by atoms with Crippen LogP contribution in [0.5, 0.6) is 11.5 Å². The molecule has 1 aromatic carbocycles. The van der Waals surface area contributed by atoms with Crippen LogP contribution in [0.3, 0.4) is 0 Å². The van der Waals surface area contributed by atoms with E-state index in [0.717, 1.165) is 31.2 Å². The lowest BCUT2D eigenvalue weighted by Gasteiger charge is -2.36. The Hall–Kier alpha value is -1.27. The van der Waals surface area contributed by atoms with Crippen LogP contribution in [-0.2, 0) is 4.74 Å². The monoisotopic (exact) mass is 436 g/mol. The van der Waals surface area contributed by atoms with Crippen LogP contribution in [0.4, 0.5) is 0 Å². The molecule has 29 heavy (non-hydrogen) atoms. The van der Waals surface area contributed by atoms with Crippen molar-refractivity contribution >= 4 is 35.6 Å². The number of fused-ring (bicyclic) bond motifs is 1. The molecule has 0 aromatic heterocycles. The summed E-state index contributed by atoms with van der Waals surface area (Å²) in [5.41, 5.74) is 1.26. The Kier molecular flexibility index (Phi) is 8.25. The minimum absolute atomic E-state index is 0.121. The van der Waals surface area contributed by atoms with E-state index in [1.54, 1.807) is 20.3 Å². The van der Waals surface area contributed by atoms with Gasteiger partial charge in [0, 0.05) is 6.07 Å². The molecule has 1 atom stereocenters. The third kappa shape index (κ3) is 5.88. The standard InChI is InChI=1S/C23H32O4S2/c1-17-9-7-12-23(28-13-8-14-29-23)11-6-4-5-10-18-15-19(25-2)16-20(26-3)21(18)22(24)27-17/h5,10,15-17H,4,6-9,11-14H2,1-3H3/b10-5+. The van der Waals surface area contributed by atoms with Gasteiger partial charge in [0.25, 0.3) is 0 Å². The lowest BCUT2D eigenvalue weighted by atomic mass is 10.0. The molecule has 1 saturated heterocycles. The molecule has 160 valence electrons. The first kappa shape index (κ1) is 22.4. The number of carbonyl (C=O) groups excluding carboxylic acids is 1. The second-order valence-electron chi connectivity index (χ2n) is 7.66. The van der Waals surface area contributed by atoms with E-state index < -0.39 is 0 Å². The highest BCUT2D eigenvalue weighted by Gasteiger charge is 2.33. The van der Waals surface area contributed by atoms with Crippen molar-refractivity contribution < 1.29 is 19.0 Å². The maximum absolute atomic E-state index is 13.0. The SMILES string of the molecule is COc1cc2c(c(OC)c1)C(=O)OC(C)CCCC1(CCC/C=C/2)SCCCS1. The van der Waals surface area contributed by atoms with Gasteiger partial charge in [0.2, 0.25) is 0 Å². The van der Waals surface area contributed by atoms with Crippen molar-refractivity contribution in [2.45, 2.75) is 62.1 Å². The molecule has 0 radical (unpaired) electrons. The molecule has 0 saturated carbocycles. The highest BCUT2D eigenvalue weighted by Crippen LogP contribution is 2.49. The third-order valence-electron chi connectivity index (χ3n) is 5.49. The minimum Gasteiger partial charge on any atom is -0.497 e. The van der Waals surface area contributed by atoms with Crippen molar-refractivity contribution in [3.63, 3.8) is 0 Å². The molecule has 1 aromatic rings. The smallest absolute Gasteiger partial charge is 0.342 e. The van der Waals surface area contributed by atoms with E-state index in [0.29, 0.717) is 21.1 Å². The van der Waals surface area contributed by atoms with Gasteiger partial charge >= 0.3 is 5.97 Å². The quantitative estimate of drug-likeness (QED) is 0.516. The molecule has 0 N–H and O–H groups in total. The van der Waals surface area contributed by atoms with E-state index in [1.807, 2.05) is 19.1 Å². The molecule has 1 spiro atoms. The molecule has 2 heterocycles. The maximum Gasteiger partial charge on any atom is 0.342 e. The first-order chi connectivity index (χ1) is 14.1. The predicted octanol–water partition coefficient (Wildman–Crippen LogP) is 6.18. The molecule has 2 aliphatic heterocycles. The van der Waals surface area contributed by atoms with Gasteiger partial charge in [-0.15, -0.1) is 23.5 Å². The summed E-state index contributed by atoms with van der Waals surface area (Å²) in [4.78, 5) is 13.0. The fourth-order valence-electron chi connectivity index (χ4n) is 3.93. The Morgan fingerprint density at radius 3 is 2.55 bits per heavy atom. The molecule has 0 bridgehead atoms. The van der Waals surface area contributed by atoms with Crippen LogP contribution in [0.15, 0.2) is 18.2 Å². The molecular formula is C23H32O4S2. The Morgan fingerprint density at radius 2 is 1.83 bits per heavy atom. The number of cyclic esters (lactones) is 1. The topological polar surface area (TPSA) is 44.8 Å². The van der Waals surface area contributed by atoms with Crippen molar-refractivity contribution in [3.05, 3.63) is 29.3 Å². The van der Waals surface area contributed by atoms with Crippen molar-refractivity contribution in [2.24, 2.45) is 0 Å². The number of hydrogen-bond acceptors (Lipinski definition) is 6. The molecule has 6 heteroatoms. The second kappa shape index (κ2) is 10.7. The number of rotatable bonds is 2. The van der Waals surface area contributed by atoms with E-state index in [2.05, 4.69) is 29.6 Å². The summed E-state index contributed by atoms with van der Waals surface area (Å²) in [7, 11) is 3.19. The van der Waals surface area contributed by atoms with Crippen LogP contribution in [0, 0.1) is 0 Å². The summed E-state index contributed by atoms with van der Waals surface area (Å²) in [5.74, 6) is 3.36. The second-order valence-corrected chi connectivity index (χ2v) is 10.9. The van der Waals surface area contributed by atoms with Crippen LogP contribution >= 0.6 is 23.5 Å². The van der Waals surface area contributed by atoms with E-state index in [9.17, 15) is 4.79 Å². The first-order valence-corrected chi connectivity index (χ1v) is 12.5. The van der Waals surface area contributed by atoms with E-state index in [-0.39, 0.29) is 12.1 Å². The normalized spacial score (nSPS) is 24.1. The molecule has 4 nitrogen and oxygen atoms in total. The highest BCUT2D eigenvalue weighted by molar-refractivity contribution is 8.18. The van der Waals surface area contributed by atoms with Gasteiger partial charge in [0.1, 0.15) is 17.1 Å². The summed E-state index contributed by atoms with van der Waals surface area (Å²) in [6.07, 6.45) is 11.9. The maximum atomic E-state index is 13.0. The van der Waals surface area contributed by atoms with Crippen molar-refractivity contribution in [1.29, 1.82) is 0 Å². The van der Waals surface area contributed by atoms with Crippen molar-refractivity contribution in [2.75, 3.05) is 25.7 Å². The van der Waals surface area contributed by atoms with Crippen molar-refractivity contribution in [3.8, 4) is 11.5 Å². The van der Waals surface area contributed by atoms with Crippen LogP contribution < -0.4 is 9.47 Å². The number of esters is 1. The van der Waals surface area contributed by atoms with Crippen molar-refractivity contribution in [1.82, 2.24) is 0 Å². The number of ether oxygens (including phenoxy) is 3. The Bertz CT molecular complexity index is 726. The zero-order valence-electron chi connectivity index (χ0n) is 17.7. The van der Waals surface area contributed by atoms with Crippen LogP contribution in [0.25, 0.3) is 6.08 Å². The van der Waals surface area contributed by atoms with E-state index >= 15 is 0 Å². The summed E-state index contributed by atoms with van der Waals surface area (Å²) in [6, 6.07) is 3.61. The molecule has 1 fully saturated rings. The summed E-state index contributed by atoms with van der Waals surface area (Å²) >= 11 is 4.29. The third-order valence-corrected chi connectivity index (χ3v) is 9.05. The summed E-state index contributed by atoms with van der Waals surface area (Å²) < 4.78 is 17.0. The van der Waals surface area contributed by atoms with Gasteiger partial charge < -0.3 is 14.2 Å². The lowest BCUT2D eigenvalue weighted by molar-refractivity contribution is 0.0315. The zero-order valence-corrected chi connectivity index (χ0v) is 19.3. The molecule has 3 rings (SSSR count). The zero-order chi connectivity index (χ0) is 20.7. The average molecular weight is 437 g/mol. The molecular weight excluding hydrogens is 404 g/mol. The van der Waals surface area contributed by atoms with Gasteiger partial charge in [0.15, 0.2) is 0 Å². The largest absolute Gasteiger partial charge is 0.497 e. The Balaban J connectivity index is 1.87. The number of benzene rings is 1. The van der Waals surface area contributed by atoms with E-state index in [1.165, 1.54) is 30.8 Å². The number of carbonyl (C=O) groups is 1. The van der Waals surface area contributed by atoms with Crippen LogP contribution in [0.1, 0.15) is 67.8 Å². The Labute approximate surface area is 183 Å². The minimum atomic E-state index is -0.329. The van der Waals surface area contributed by atoms with Gasteiger partial charge in [-0.1, -0.05) is 12.2 Å². The molecule has 0 aliphatic carbocycles. The fraction of sp³-hybridized carbons (Fsp3) is 0.609. The van der Waals surface area contributed by atoms with Crippen LogP contribution in [-0.4, -0.2) is 41.9 Å².